The molecule has 0 radical (unpaired) electrons. The Bertz CT molecular complexity index is 534. The largest absolute Gasteiger partial charge is 0.354 e. The summed E-state index contributed by atoms with van der Waals surface area (Å²) in [5.41, 5.74) is -1.14. The fourth-order valence-electron chi connectivity index (χ4n) is 2.22. The summed E-state index contributed by atoms with van der Waals surface area (Å²) >= 11 is 0. The van der Waals surface area contributed by atoms with E-state index in [9.17, 15) is 9.18 Å². The van der Waals surface area contributed by atoms with Crippen molar-refractivity contribution >= 4 is 11.7 Å². The second kappa shape index (κ2) is 5.82. The van der Waals surface area contributed by atoms with Gasteiger partial charge in [-0.15, -0.1) is 0 Å². The molecule has 6 nitrogen and oxygen atoms in total. The molecule has 1 fully saturated rings. The Morgan fingerprint density at radius 2 is 2.15 bits per heavy atom. The van der Waals surface area contributed by atoms with Gasteiger partial charge < -0.3 is 10.2 Å². The predicted octanol–water partition coefficient (Wildman–Crippen LogP) is 0.793. The summed E-state index contributed by atoms with van der Waals surface area (Å²) in [6, 6.07) is 1.99. The molecule has 0 bridgehead atoms. The Morgan fingerprint density at radius 1 is 1.50 bits per heavy atom. The molecule has 1 aromatic heterocycles. The SMILES string of the molecule is CC(=O)NCC1(F)CCN(c2nccnc2C#N)CC1. The number of carbonyl (C=O) groups excluding carboxylic acids is 1. The number of nitrogens with zero attached hydrogens (tertiary/aromatic N) is 4. The summed E-state index contributed by atoms with van der Waals surface area (Å²) in [5, 5.41) is 11.5. The summed E-state index contributed by atoms with van der Waals surface area (Å²) < 4.78 is 14.5. The number of anilines is 1. The van der Waals surface area contributed by atoms with E-state index in [-0.39, 0.29) is 31.0 Å². The standard InChI is InChI=1S/C13H16FN5O/c1-10(20)18-9-13(14)2-6-19(7-3-13)12-11(8-15)16-4-5-17-12/h4-5H,2-3,6-7,9H2,1H3,(H,18,20). The van der Waals surface area contributed by atoms with Crippen LogP contribution in [-0.2, 0) is 4.79 Å². The molecule has 0 aliphatic carbocycles. The minimum atomic E-state index is -1.39. The molecule has 0 saturated carbocycles. The summed E-state index contributed by atoms with van der Waals surface area (Å²) in [7, 11) is 0. The van der Waals surface area contributed by atoms with Gasteiger partial charge in [-0.25, -0.2) is 14.4 Å². The van der Waals surface area contributed by atoms with Crippen LogP contribution in [0.25, 0.3) is 0 Å². The molecule has 1 aliphatic rings. The van der Waals surface area contributed by atoms with E-state index in [2.05, 4.69) is 15.3 Å². The van der Waals surface area contributed by atoms with Crippen LogP contribution < -0.4 is 10.2 Å². The molecule has 0 atom stereocenters. The number of hydrogen-bond donors (Lipinski definition) is 1. The van der Waals surface area contributed by atoms with E-state index < -0.39 is 5.67 Å². The van der Waals surface area contributed by atoms with Gasteiger partial charge in [-0.2, -0.15) is 5.26 Å². The van der Waals surface area contributed by atoms with Crippen molar-refractivity contribution in [3.63, 3.8) is 0 Å². The maximum atomic E-state index is 14.5. The monoisotopic (exact) mass is 277 g/mol. The summed E-state index contributed by atoms with van der Waals surface area (Å²) in [6.45, 7) is 2.30. The van der Waals surface area contributed by atoms with Gasteiger partial charge >= 0.3 is 0 Å². The lowest BCUT2D eigenvalue weighted by Crippen LogP contribution is -2.48. The van der Waals surface area contributed by atoms with Gasteiger partial charge in [0.15, 0.2) is 11.5 Å². The number of amides is 1. The first-order valence-electron chi connectivity index (χ1n) is 6.43. The molecule has 2 heterocycles. The fourth-order valence-corrected chi connectivity index (χ4v) is 2.22. The van der Waals surface area contributed by atoms with Crippen LogP contribution in [0.15, 0.2) is 12.4 Å². The molecule has 1 saturated heterocycles. The molecule has 7 heteroatoms. The fraction of sp³-hybridized carbons (Fsp3) is 0.538. The normalized spacial score (nSPS) is 17.4. The van der Waals surface area contributed by atoms with Crippen molar-refractivity contribution in [2.45, 2.75) is 25.4 Å². The van der Waals surface area contributed by atoms with E-state index >= 15 is 0 Å². The van der Waals surface area contributed by atoms with E-state index in [4.69, 9.17) is 5.26 Å². The minimum Gasteiger partial charge on any atom is -0.354 e. The average molecular weight is 277 g/mol. The summed E-state index contributed by atoms with van der Waals surface area (Å²) in [4.78, 5) is 20.8. The highest BCUT2D eigenvalue weighted by Gasteiger charge is 2.35. The molecular formula is C13H16FN5O. The van der Waals surface area contributed by atoms with Gasteiger partial charge in [0, 0.05) is 45.2 Å². The highest BCUT2D eigenvalue weighted by atomic mass is 19.1. The highest BCUT2D eigenvalue weighted by Crippen LogP contribution is 2.28. The quantitative estimate of drug-likeness (QED) is 0.883. The topological polar surface area (TPSA) is 81.9 Å². The number of rotatable bonds is 3. The van der Waals surface area contributed by atoms with Gasteiger partial charge in [0.1, 0.15) is 11.7 Å². The molecule has 1 aliphatic heterocycles. The number of nitriles is 1. The van der Waals surface area contributed by atoms with Crippen LogP contribution in [0.5, 0.6) is 0 Å². The first kappa shape index (κ1) is 14.2. The van der Waals surface area contributed by atoms with Crippen molar-refractivity contribution in [3.05, 3.63) is 18.1 Å². The van der Waals surface area contributed by atoms with Crippen LogP contribution in [0.3, 0.4) is 0 Å². The Morgan fingerprint density at radius 3 is 2.75 bits per heavy atom. The molecule has 2 rings (SSSR count). The van der Waals surface area contributed by atoms with Crippen molar-refractivity contribution < 1.29 is 9.18 Å². The number of halogens is 1. The molecule has 1 N–H and O–H groups in total. The number of nitrogens with one attached hydrogen (secondary N) is 1. The van der Waals surface area contributed by atoms with Crippen LogP contribution in [0.1, 0.15) is 25.5 Å². The Kier molecular flexibility index (Phi) is 4.13. The van der Waals surface area contributed by atoms with Crippen molar-refractivity contribution in [2.24, 2.45) is 0 Å². The first-order chi connectivity index (χ1) is 9.54. The molecule has 1 amide bonds. The Hall–Kier alpha value is -2.23. The maximum absolute atomic E-state index is 14.5. The summed E-state index contributed by atoms with van der Waals surface area (Å²) in [6.07, 6.45) is 3.55. The maximum Gasteiger partial charge on any atom is 0.216 e. The lowest BCUT2D eigenvalue weighted by atomic mass is 9.93. The first-order valence-corrected chi connectivity index (χ1v) is 6.43. The summed E-state index contributed by atoms with van der Waals surface area (Å²) in [5.74, 6) is 0.265. The molecule has 106 valence electrons. The predicted molar refractivity (Wildman–Crippen MR) is 70.7 cm³/mol. The third kappa shape index (κ3) is 3.20. The van der Waals surface area contributed by atoms with Crippen molar-refractivity contribution in [3.8, 4) is 6.07 Å². The lowest BCUT2D eigenvalue weighted by molar-refractivity contribution is -0.119. The van der Waals surface area contributed by atoms with Crippen LogP contribution >= 0.6 is 0 Å². The number of carbonyl (C=O) groups is 1. The average Bonchev–Trinajstić information content (AvgIpc) is 2.46. The molecule has 1 aromatic rings. The van der Waals surface area contributed by atoms with Crippen LogP contribution in [-0.4, -0.2) is 41.2 Å². The molecule has 0 spiro atoms. The molecule has 0 aromatic carbocycles. The van der Waals surface area contributed by atoms with Crippen molar-refractivity contribution in [2.75, 3.05) is 24.5 Å². The van der Waals surface area contributed by atoms with E-state index in [1.165, 1.54) is 19.3 Å². The zero-order valence-electron chi connectivity index (χ0n) is 11.3. The number of piperidine rings is 1. The van der Waals surface area contributed by atoms with E-state index in [1.807, 2.05) is 11.0 Å². The van der Waals surface area contributed by atoms with Gasteiger partial charge in [0.25, 0.3) is 0 Å². The molecular weight excluding hydrogens is 261 g/mol. The van der Waals surface area contributed by atoms with Crippen molar-refractivity contribution in [1.82, 2.24) is 15.3 Å². The number of alkyl halides is 1. The van der Waals surface area contributed by atoms with Crippen LogP contribution in [0.4, 0.5) is 10.2 Å². The van der Waals surface area contributed by atoms with Gasteiger partial charge in [0.05, 0.1) is 6.54 Å². The second-order valence-electron chi connectivity index (χ2n) is 4.89. The van der Waals surface area contributed by atoms with Crippen LogP contribution in [0, 0.1) is 11.3 Å². The van der Waals surface area contributed by atoms with Gasteiger partial charge in [0.2, 0.25) is 5.91 Å². The smallest absolute Gasteiger partial charge is 0.216 e. The van der Waals surface area contributed by atoms with E-state index in [0.717, 1.165) is 0 Å². The number of hydrogen-bond acceptors (Lipinski definition) is 5. The zero-order valence-corrected chi connectivity index (χ0v) is 11.3. The van der Waals surface area contributed by atoms with Gasteiger partial charge in [-0.05, 0) is 0 Å². The molecule has 0 unspecified atom stereocenters. The van der Waals surface area contributed by atoms with E-state index in [1.54, 1.807) is 0 Å². The Labute approximate surface area is 116 Å². The van der Waals surface area contributed by atoms with Gasteiger partial charge in [-0.3, -0.25) is 4.79 Å². The lowest BCUT2D eigenvalue weighted by Gasteiger charge is -2.37. The van der Waals surface area contributed by atoms with Crippen LogP contribution in [0.2, 0.25) is 0 Å². The molecule has 20 heavy (non-hydrogen) atoms. The minimum absolute atomic E-state index is 0.0295. The van der Waals surface area contributed by atoms with E-state index in [0.29, 0.717) is 18.9 Å². The third-order valence-electron chi connectivity index (χ3n) is 3.40. The highest BCUT2D eigenvalue weighted by molar-refractivity contribution is 5.72. The number of aromatic nitrogens is 2. The second-order valence-corrected chi connectivity index (χ2v) is 4.89. The van der Waals surface area contributed by atoms with Crippen molar-refractivity contribution in [1.29, 1.82) is 5.26 Å². The Balaban J connectivity index is 2.01. The zero-order chi connectivity index (χ0) is 14.6. The van der Waals surface area contributed by atoms with Gasteiger partial charge in [-0.1, -0.05) is 0 Å². The third-order valence-corrected chi connectivity index (χ3v) is 3.40.